The summed E-state index contributed by atoms with van der Waals surface area (Å²) in [5, 5.41) is 14.8. The van der Waals surface area contributed by atoms with Gasteiger partial charge < -0.3 is 9.63 Å². The van der Waals surface area contributed by atoms with E-state index < -0.39 is 17.7 Å². The van der Waals surface area contributed by atoms with Gasteiger partial charge in [0, 0.05) is 16.1 Å². The van der Waals surface area contributed by atoms with Crippen molar-refractivity contribution in [3.8, 4) is 0 Å². The molecule has 1 atom stereocenters. The molecule has 0 unspecified atom stereocenters. The van der Waals surface area contributed by atoms with Crippen LogP contribution in [0.3, 0.4) is 0 Å². The van der Waals surface area contributed by atoms with Crippen molar-refractivity contribution in [2.45, 2.75) is 13.0 Å². The van der Waals surface area contributed by atoms with Crippen molar-refractivity contribution in [3.05, 3.63) is 87.6 Å². The van der Waals surface area contributed by atoms with E-state index in [0.29, 0.717) is 16.9 Å². The molecule has 1 N–H and O–H groups in total. The summed E-state index contributed by atoms with van der Waals surface area (Å²) in [6.07, 6.45) is 0. The summed E-state index contributed by atoms with van der Waals surface area (Å²) >= 11 is 3.39. The molecule has 3 aromatic rings. The minimum atomic E-state index is -0.821. The molecule has 1 saturated heterocycles. The lowest BCUT2D eigenvalue weighted by molar-refractivity contribution is -0.132. The minimum absolute atomic E-state index is 0.0131. The number of ketones is 1. The molecular weight excluding hydrogens is 424 g/mol. The van der Waals surface area contributed by atoms with Crippen LogP contribution in [0.4, 0.5) is 5.82 Å². The number of nitrogens with zero attached hydrogens (tertiary/aromatic N) is 2. The van der Waals surface area contributed by atoms with Crippen LogP contribution in [0.1, 0.15) is 22.9 Å². The first-order valence-corrected chi connectivity index (χ1v) is 9.32. The van der Waals surface area contributed by atoms with Crippen molar-refractivity contribution >= 4 is 39.2 Å². The van der Waals surface area contributed by atoms with E-state index in [-0.39, 0.29) is 17.2 Å². The molecule has 4 rings (SSSR count). The highest BCUT2D eigenvalue weighted by molar-refractivity contribution is 9.10. The summed E-state index contributed by atoms with van der Waals surface area (Å²) in [6.45, 7) is 1.70. The predicted octanol–water partition coefficient (Wildman–Crippen LogP) is 4.37. The zero-order valence-electron chi connectivity index (χ0n) is 14.8. The Kier molecular flexibility index (Phi) is 4.60. The maximum Gasteiger partial charge on any atom is 0.301 e. The number of amides is 1. The summed E-state index contributed by atoms with van der Waals surface area (Å²) in [7, 11) is 0. The minimum Gasteiger partial charge on any atom is -0.507 e. The van der Waals surface area contributed by atoms with E-state index in [0.717, 1.165) is 4.47 Å². The number of anilines is 1. The fourth-order valence-electron chi connectivity index (χ4n) is 3.25. The average molecular weight is 439 g/mol. The van der Waals surface area contributed by atoms with Gasteiger partial charge in [0.05, 0.1) is 11.6 Å². The molecule has 1 fully saturated rings. The Balaban J connectivity index is 1.94. The van der Waals surface area contributed by atoms with Gasteiger partial charge >= 0.3 is 5.91 Å². The largest absolute Gasteiger partial charge is 0.507 e. The number of hydrogen-bond acceptors (Lipinski definition) is 5. The van der Waals surface area contributed by atoms with Crippen LogP contribution < -0.4 is 4.90 Å². The Labute approximate surface area is 169 Å². The van der Waals surface area contributed by atoms with Gasteiger partial charge in [-0.2, -0.15) is 0 Å². The summed E-state index contributed by atoms with van der Waals surface area (Å²) in [5.41, 5.74) is 1.14. The molecule has 1 aliphatic heterocycles. The fraction of sp³-hybridized carbons (Fsp3) is 0.0952. The van der Waals surface area contributed by atoms with Gasteiger partial charge in [-0.1, -0.05) is 63.6 Å². The smallest absolute Gasteiger partial charge is 0.301 e. The molecule has 2 aromatic carbocycles. The highest BCUT2D eigenvalue weighted by Crippen LogP contribution is 2.42. The second-order valence-electron chi connectivity index (χ2n) is 6.38. The number of carbonyl (C=O) groups is 2. The number of Topliss-reactive ketones (excluding diaryl/α,β-unsaturated/α-hetero) is 1. The Morgan fingerprint density at radius 2 is 1.79 bits per heavy atom. The van der Waals surface area contributed by atoms with Crippen LogP contribution in [0.25, 0.3) is 5.76 Å². The predicted molar refractivity (Wildman–Crippen MR) is 107 cm³/mol. The van der Waals surface area contributed by atoms with E-state index in [4.69, 9.17) is 4.52 Å². The van der Waals surface area contributed by atoms with Crippen LogP contribution in [-0.4, -0.2) is 22.0 Å². The second-order valence-corrected chi connectivity index (χ2v) is 7.30. The Morgan fingerprint density at radius 3 is 2.39 bits per heavy atom. The molecule has 28 heavy (non-hydrogen) atoms. The van der Waals surface area contributed by atoms with Gasteiger partial charge in [-0.25, -0.2) is 0 Å². The van der Waals surface area contributed by atoms with E-state index in [2.05, 4.69) is 21.1 Å². The normalized spacial score (nSPS) is 18.6. The number of aliphatic hydroxyl groups excluding tert-OH is 1. The first-order valence-electron chi connectivity index (χ1n) is 8.52. The molecule has 0 spiro atoms. The number of carbonyl (C=O) groups excluding carboxylic acids is 2. The van der Waals surface area contributed by atoms with Crippen LogP contribution >= 0.6 is 15.9 Å². The van der Waals surface area contributed by atoms with Crippen LogP contribution in [0.15, 0.2) is 75.2 Å². The molecule has 0 bridgehead atoms. The van der Waals surface area contributed by atoms with E-state index in [1.165, 1.54) is 4.90 Å². The van der Waals surface area contributed by atoms with Crippen LogP contribution in [-0.2, 0) is 9.59 Å². The molecule has 2 heterocycles. The summed E-state index contributed by atoms with van der Waals surface area (Å²) in [4.78, 5) is 27.0. The number of benzene rings is 2. The third-order valence-electron chi connectivity index (χ3n) is 4.54. The Hall–Kier alpha value is -3.19. The standard InChI is InChI=1S/C21H15BrN2O4/c1-12-11-16(23-28-12)24-18(13-7-9-15(22)10-8-13)17(20(26)21(24)27)19(25)14-5-3-2-4-6-14/h2-11,18,25H,1H3/t18-/m0/s1. The van der Waals surface area contributed by atoms with Gasteiger partial charge in [-0.15, -0.1) is 0 Å². The lowest BCUT2D eigenvalue weighted by atomic mass is 9.95. The fourth-order valence-corrected chi connectivity index (χ4v) is 3.51. The molecule has 140 valence electrons. The molecule has 0 aliphatic carbocycles. The van der Waals surface area contributed by atoms with Crippen LogP contribution in [0.5, 0.6) is 0 Å². The maximum absolute atomic E-state index is 12.9. The van der Waals surface area contributed by atoms with E-state index >= 15 is 0 Å². The molecule has 6 nitrogen and oxygen atoms in total. The first-order chi connectivity index (χ1) is 13.5. The molecule has 1 aromatic heterocycles. The van der Waals surface area contributed by atoms with Gasteiger partial charge in [0.2, 0.25) is 0 Å². The van der Waals surface area contributed by atoms with E-state index in [9.17, 15) is 14.7 Å². The summed E-state index contributed by atoms with van der Waals surface area (Å²) in [5.74, 6) is -1.03. The summed E-state index contributed by atoms with van der Waals surface area (Å²) < 4.78 is 5.96. The molecule has 0 radical (unpaired) electrons. The average Bonchev–Trinajstić information content (AvgIpc) is 3.24. The molecule has 1 aliphatic rings. The Bertz CT molecular complexity index is 1090. The van der Waals surface area contributed by atoms with Gasteiger partial charge in [0.15, 0.2) is 5.82 Å². The summed E-state index contributed by atoms with van der Waals surface area (Å²) in [6, 6.07) is 16.6. The maximum atomic E-state index is 12.9. The van der Waals surface area contributed by atoms with Crippen LogP contribution in [0, 0.1) is 6.92 Å². The highest BCUT2D eigenvalue weighted by atomic mass is 79.9. The van der Waals surface area contributed by atoms with Gasteiger partial charge in [-0.3, -0.25) is 14.5 Å². The number of aliphatic hydroxyl groups is 1. The van der Waals surface area contributed by atoms with Crippen LogP contribution in [0.2, 0.25) is 0 Å². The van der Waals surface area contributed by atoms with E-state index in [1.807, 2.05) is 12.1 Å². The number of hydrogen-bond donors (Lipinski definition) is 1. The number of halogens is 1. The quantitative estimate of drug-likeness (QED) is 0.372. The first kappa shape index (κ1) is 18.2. The zero-order valence-corrected chi connectivity index (χ0v) is 16.4. The lowest BCUT2D eigenvalue weighted by Gasteiger charge is -2.22. The van der Waals surface area contributed by atoms with Crippen molar-refractivity contribution in [3.63, 3.8) is 0 Å². The van der Waals surface area contributed by atoms with Gasteiger partial charge in [0.1, 0.15) is 11.5 Å². The van der Waals surface area contributed by atoms with Crippen molar-refractivity contribution in [2.75, 3.05) is 4.90 Å². The molecule has 0 saturated carbocycles. The third kappa shape index (κ3) is 3.03. The van der Waals surface area contributed by atoms with Crippen molar-refractivity contribution < 1.29 is 19.2 Å². The molecule has 7 heteroatoms. The second kappa shape index (κ2) is 7.09. The lowest BCUT2D eigenvalue weighted by Crippen LogP contribution is -2.29. The topological polar surface area (TPSA) is 83.6 Å². The molecule has 1 amide bonds. The van der Waals surface area contributed by atoms with Crippen molar-refractivity contribution in [2.24, 2.45) is 0 Å². The van der Waals surface area contributed by atoms with Gasteiger partial charge in [0.25, 0.3) is 5.78 Å². The van der Waals surface area contributed by atoms with Crippen molar-refractivity contribution in [1.29, 1.82) is 0 Å². The molecular formula is C21H15BrN2O4. The highest BCUT2D eigenvalue weighted by Gasteiger charge is 2.48. The number of aryl methyl sites for hydroxylation is 1. The monoisotopic (exact) mass is 438 g/mol. The van der Waals surface area contributed by atoms with Crippen molar-refractivity contribution in [1.82, 2.24) is 5.16 Å². The zero-order chi connectivity index (χ0) is 19.8. The number of aromatic nitrogens is 1. The number of rotatable bonds is 3. The third-order valence-corrected chi connectivity index (χ3v) is 5.07. The van der Waals surface area contributed by atoms with E-state index in [1.54, 1.807) is 55.5 Å². The van der Waals surface area contributed by atoms with Gasteiger partial charge in [-0.05, 0) is 24.6 Å². The SMILES string of the molecule is Cc1cc(N2C(=O)C(=O)C(=C(O)c3ccccc3)[C@@H]2c2ccc(Br)cc2)no1. The Morgan fingerprint density at radius 1 is 1.11 bits per heavy atom.